The largest absolute Gasteiger partial charge is 0.493 e. The van der Waals surface area contributed by atoms with Crippen molar-refractivity contribution in [3.63, 3.8) is 0 Å². The summed E-state index contributed by atoms with van der Waals surface area (Å²) in [4.78, 5) is 29.9. The van der Waals surface area contributed by atoms with E-state index in [1.807, 2.05) is 45.3 Å². The van der Waals surface area contributed by atoms with Gasteiger partial charge in [-0.15, -0.1) is 0 Å². The van der Waals surface area contributed by atoms with Crippen LogP contribution >= 0.6 is 0 Å². The lowest BCUT2D eigenvalue weighted by molar-refractivity contribution is 0.318. The molecule has 0 saturated heterocycles. The van der Waals surface area contributed by atoms with Gasteiger partial charge in [0.25, 0.3) is 5.56 Å². The Balaban J connectivity index is 2.15. The number of fused-ring (bicyclic) bond motifs is 1. The molecule has 0 unspecified atom stereocenters. The van der Waals surface area contributed by atoms with Crippen molar-refractivity contribution >= 4 is 17.0 Å². The predicted octanol–water partition coefficient (Wildman–Crippen LogP) is 2.23. The van der Waals surface area contributed by atoms with E-state index in [1.165, 1.54) is 6.20 Å². The smallest absolute Gasteiger partial charge is 0.262 e. The zero-order valence-electron chi connectivity index (χ0n) is 13.9. The van der Waals surface area contributed by atoms with Gasteiger partial charge in [-0.1, -0.05) is 19.1 Å². The molecule has 0 fully saturated rings. The van der Waals surface area contributed by atoms with Gasteiger partial charge < -0.3 is 14.6 Å². The minimum atomic E-state index is -0.273. The second-order valence-corrected chi connectivity index (χ2v) is 5.56. The number of hydrogen-bond donors (Lipinski definition) is 1. The van der Waals surface area contributed by atoms with Gasteiger partial charge in [0.15, 0.2) is 5.65 Å². The molecule has 0 saturated carbocycles. The van der Waals surface area contributed by atoms with Gasteiger partial charge in [-0.25, -0.2) is 9.97 Å². The molecule has 124 valence electrons. The van der Waals surface area contributed by atoms with Crippen LogP contribution in [0, 0.1) is 0 Å². The van der Waals surface area contributed by atoms with Crippen molar-refractivity contribution in [1.29, 1.82) is 0 Å². The molecule has 0 atom stereocenters. The summed E-state index contributed by atoms with van der Waals surface area (Å²) in [5.74, 6) is 1.62. The molecule has 0 amide bonds. The Morgan fingerprint density at radius 3 is 2.75 bits per heavy atom. The van der Waals surface area contributed by atoms with Crippen molar-refractivity contribution in [3.8, 4) is 17.1 Å². The molecule has 0 aliphatic heterocycles. The average molecular weight is 325 g/mol. The van der Waals surface area contributed by atoms with E-state index >= 15 is 0 Å². The molecular formula is C17H19N5O2. The number of aromatic amines is 1. The monoisotopic (exact) mass is 325 g/mol. The first-order valence-corrected chi connectivity index (χ1v) is 7.76. The molecule has 24 heavy (non-hydrogen) atoms. The molecule has 7 nitrogen and oxygen atoms in total. The molecule has 7 heteroatoms. The van der Waals surface area contributed by atoms with Gasteiger partial charge in [0.2, 0.25) is 5.95 Å². The second-order valence-electron chi connectivity index (χ2n) is 5.56. The highest BCUT2D eigenvalue weighted by Crippen LogP contribution is 2.27. The Morgan fingerprint density at radius 2 is 2.00 bits per heavy atom. The number of rotatable bonds is 5. The first-order valence-electron chi connectivity index (χ1n) is 7.76. The fourth-order valence-electron chi connectivity index (χ4n) is 2.26. The third-order valence-electron chi connectivity index (χ3n) is 3.45. The highest BCUT2D eigenvalue weighted by atomic mass is 16.5. The molecule has 0 aliphatic rings. The Morgan fingerprint density at radius 1 is 1.21 bits per heavy atom. The quantitative estimate of drug-likeness (QED) is 0.774. The predicted molar refractivity (Wildman–Crippen MR) is 93.5 cm³/mol. The minimum Gasteiger partial charge on any atom is -0.493 e. The van der Waals surface area contributed by atoms with Gasteiger partial charge in [-0.3, -0.25) is 4.79 Å². The van der Waals surface area contributed by atoms with Crippen LogP contribution < -0.4 is 15.2 Å². The van der Waals surface area contributed by atoms with Crippen LogP contribution in [0.15, 0.2) is 35.3 Å². The van der Waals surface area contributed by atoms with Crippen molar-refractivity contribution in [1.82, 2.24) is 19.9 Å². The maximum Gasteiger partial charge on any atom is 0.262 e. The number of H-pyrrole nitrogens is 1. The lowest BCUT2D eigenvalue weighted by atomic mass is 10.2. The second kappa shape index (κ2) is 6.66. The number of aromatic nitrogens is 4. The molecule has 0 bridgehead atoms. The van der Waals surface area contributed by atoms with E-state index in [0.29, 0.717) is 35.2 Å². The van der Waals surface area contributed by atoms with Gasteiger partial charge in [0.1, 0.15) is 17.0 Å². The molecule has 0 spiro atoms. The van der Waals surface area contributed by atoms with E-state index in [9.17, 15) is 4.79 Å². The van der Waals surface area contributed by atoms with Crippen molar-refractivity contribution in [2.75, 3.05) is 25.6 Å². The summed E-state index contributed by atoms with van der Waals surface area (Å²) in [5, 5.41) is 0.358. The van der Waals surface area contributed by atoms with E-state index < -0.39 is 0 Å². The summed E-state index contributed by atoms with van der Waals surface area (Å²) in [5.41, 5.74) is 0.818. The number of benzene rings is 1. The van der Waals surface area contributed by atoms with Gasteiger partial charge >= 0.3 is 0 Å². The number of para-hydroxylation sites is 1. The molecule has 3 rings (SSSR count). The summed E-state index contributed by atoms with van der Waals surface area (Å²) in [6.07, 6.45) is 2.39. The first-order chi connectivity index (χ1) is 11.6. The number of nitrogens with zero attached hydrogens (tertiary/aromatic N) is 4. The minimum absolute atomic E-state index is 0.273. The van der Waals surface area contributed by atoms with Crippen LogP contribution in [-0.2, 0) is 0 Å². The average Bonchev–Trinajstić information content (AvgIpc) is 2.59. The Hall–Kier alpha value is -2.96. The maximum absolute atomic E-state index is 12.3. The third kappa shape index (κ3) is 3.05. The van der Waals surface area contributed by atoms with E-state index in [2.05, 4.69) is 19.9 Å². The molecule has 1 N–H and O–H groups in total. The van der Waals surface area contributed by atoms with Crippen LogP contribution in [-0.4, -0.2) is 40.6 Å². The zero-order valence-corrected chi connectivity index (χ0v) is 13.9. The summed E-state index contributed by atoms with van der Waals surface area (Å²) >= 11 is 0. The van der Waals surface area contributed by atoms with Gasteiger partial charge in [0, 0.05) is 20.3 Å². The number of anilines is 1. The molecule has 2 aromatic heterocycles. The standard InChI is InChI=1S/C17H19N5O2/c1-4-9-24-13-8-6-5-7-11(13)14-19-15-12(16(23)20-14)10-18-17(21-15)22(2)3/h5-8,10H,4,9H2,1-3H3,(H,18,19,20,21,23). The Labute approximate surface area is 139 Å². The fraction of sp³-hybridized carbons (Fsp3) is 0.294. The van der Waals surface area contributed by atoms with Crippen molar-refractivity contribution < 1.29 is 4.74 Å². The fourth-order valence-corrected chi connectivity index (χ4v) is 2.26. The van der Waals surface area contributed by atoms with Gasteiger partial charge in [0.05, 0.1) is 12.2 Å². The van der Waals surface area contributed by atoms with E-state index in [4.69, 9.17) is 4.74 Å². The molecule has 1 aromatic carbocycles. The van der Waals surface area contributed by atoms with Gasteiger partial charge in [-0.2, -0.15) is 4.98 Å². The molecule has 0 aliphatic carbocycles. The normalized spacial score (nSPS) is 10.8. The van der Waals surface area contributed by atoms with Crippen LogP contribution in [0.1, 0.15) is 13.3 Å². The summed E-state index contributed by atoms with van der Waals surface area (Å²) < 4.78 is 5.75. The highest BCUT2D eigenvalue weighted by Gasteiger charge is 2.13. The van der Waals surface area contributed by atoms with Crippen LogP contribution in [0.25, 0.3) is 22.4 Å². The van der Waals surface area contributed by atoms with Crippen LogP contribution in [0.3, 0.4) is 0 Å². The lowest BCUT2D eigenvalue weighted by Gasteiger charge is -2.12. The summed E-state index contributed by atoms with van der Waals surface area (Å²) in [6.45, 7) is 2.64. The van der Waals surface area contributed by atoms with E-state index in [0.717, 1.165) is 12.0 Å². The molecule has 2 heterocycles. The van der Waals surface area contributed by atoms with Crippen LogP contribution in [0.5, 0.6) is 5.75 Å². The third-order valence-corrected chi connectivity index (χ3v) is 3.45. The Bertz CT molecular complexity index is 920. The van der Waals surface area contributed by atoms with Crippen LogP contribution in [0.2, 0.25) is 0 Å². The zero-order chi connectivity index (χ0) is 17.1. The summed E-state index contributed by atoms with van der Waals surface area (Å²) in [6, 6.07) is 7.49. The number of nitrogens with one attached hydrogen (secondary N) is 1. The number of ether oxygens (including phenoxy) is 1. The molecule has 0 radical (unpaired) electrons. The van der Waals surface area contributed by atoms with E-state index in [-0.39, 0.29) is 5.56 Å². The van der Waals surface area contributed by atoms with Crippen molar-refractivity contribution in [3.05, 3.63) is 40.8 Å². The molecular weight excluding hydrogens is 306 g/mol. The van der Waals surface area contributed by atoms with E-state index in [1.54, 1.807) is 4.90 Å². The van der Waals surface area contributed by atoms with Gasteiger partial charge in [-0.05, 0) is 18.6 Å². The van der Waals surface area contributed by atoms with Crippen molar-refractivity contribution in [2.45, 2.75) is 13.3 Å². The topological polar surface area (TPSA) is 84.0 Å². The summed E-state index contributed by atoms with van der Waals surface area (Å²) in [7, 11) is 3.67. The van der Waals surface area contributed by atoms with Crippen LogP contribution in [0.4, 0.5) is 5.95 Å². The SMILES string of the molecule is CCCOc1ccccc1-c1nc2nc(N(C)C)ncc2c(=O)[nH]1. The maximum atomic E-state index is 12.3. The highest BCUT2D eigenvalue weighted by molar-refractivity contribution is 5.77. The Kier molecular flexibility index (Phi) is 4.41. The van der Waals surface area contributed by atoms with Crippen molar-refractivity contribution in [2.24, 2.45) is 0 Å². The molecule has 3 aromatic rings. The number of hydrogen-bond acceptors (Lipinski definition) is 6. The lowest BCUT2D eigenvalue weighted by Crippen LogP contribution is -2.16. The first kappa shape index (κ1) is 15.9.